The summed E-state index contributed by atoms with van der Waals surface area (Å²) in [5.74, 6) is -2.03. The van der Waals surface area contributed by atoms with Crippen molar-refractivity contribution < 1.29 is 27.6 Å². The number of halogens is 3. The van der Waals surface area contributed by atoms with Crippen LogP contribution in [0.15, 0.2) is 45.7 Å². The van der Waals surface area contributed by atoms with Gasteiger partial charge in [-0.2, -0.15) is 18.2 Å². The second-order valence-corrected chi connectivity index (χ2v) is 7.23. The van der Waals surface area contributed by atoms with E-state index in [2.05, 4.69) is 41.3 Å². The van der Waals surface area contributed by atoms with Crippen molar-refractivity contribution in [3.63, 3.8) is 0 Å². The summed E-state index contributed by atoms with van der Waals surface area (Å²) in [6, 6.07) is 11.7. The Bertz CT molecular complexity index is 1120. The van der Waals surface area contributed by atoms with Gasteiger partial charge in [0.2, 0.25) is 5.82 Å². The molecule has 0 atom stereocenters. The fourth-order valence-corrected chi connectivity index (χ4v) is 2.51. The highest BCUT2D eigenvalue weighted by Crippen LogP contribution is 2.21. The summed E-state index contributed by atoms with van der Waals surface area (Å²) >= 11 is 0. The molecule has 2 heterocycles. The van der Waals surface area contributed by atoms with Gasteiger partial charge in [0.1, 0.15) is 0 Å². The first-order valence-corrected chi connectivity index (χ1v) is 9.45. The molecule has 0 radical (unpaired) electrons. The molecule has 0 aliphatic heterocycles. The highest BCUT2D eigenvalue weighted by Gasteiger charge is 2.38. The van der Waals surface area contributed by atoms with Crippen molar-refractivity contribution in [3.8, 4) is 22.8 Å². The fraction of sp³-hybridized carbons (Fsp3) is 0.333. The van der Waals surface area contributed by atoms with Gasteiger partial charge < -0.3 is 19.1 Å². The standard InChI is InChI=1S/C19H22N4O2.C2HF3O2/c1-13-5-10-16(19(24)23(13)4)17-20-18(25-21-17)15-8-6-14(7-9-15)11-12-22(2)3;3-2(4,5)1(6)7/h5-10H,11-12H2,1-4H3;(H,6,7). The molecule has 1 aromatic carbocycles. The van der Waals surface area contributed by atoms with Gasteiger partial charge in [-0.3, -0.25) is 4.79 Å². The monoisotopic (exact) mass is 452 g/mol. The average molecular weight is 452 g/mol. The Morgan fingerprint density at radius 1 is 1.16 bits per heavy atom. The smallest absolute Gasteiger partial charge is 0.475 e. The Morgan fingerprint density at radius 2 is 1.75 bits per heavy atom. The third-order valence-corrected chi connectivity index (χ3v) is 4.51. The zero-order chi connectivity index (χ0) is 24.1. The number of carbonyl (C=O) groups is 1. The number of benzene rings is 1. The van der Waals surface area contributed by atoms with E-state index in [0.29, 0.717) is 17.3 Å². The third kappa shape index (κ3) is 6.51. The molecule has 32 heavy (non-hydrogen) atoms. The lowest BCUT2D eigenvalue weighted by Gasteiger charge is -2.08. The SMILES string of the molecule is Cc1ccc(-c2noc(-c3ccc(CCN(C)C)cc3)n2)c(=O)n1C.O=C(O)C(F)(F)F. The number of aryl methyl sites for hydroxylation is 1. The number of carboxylic acids is 1. The first-order valence-electron chi connectivity index (χ1n) is 9.45. The van der Waals surface area contributed by atoms with Crippen molar-refractivity contribution in [2.45, 2.75) is 19.5 Å². The third-order valence-electron chi connectivity index (χ3n) is 4.51. The number of nitrogens with zero attached hydrogens (tertiary/aromatic N) is 4. The van der Waals surface area contributed by atoms with Crippen LogP contribution in [0.5, 0.6) is 0 Å². The van der Waals surface area contributed by atoms with Crippen molar-refractivity contribution in [1.29, 1.82) is 0 Å². The molecule has 0 saturated carbocycles. The van der Waals surface area contributed by atoms with Crippen molar-refractivity contribution in [1.82, 2.24) is 19.6 Å². The number of aromatic nitrogens is 3. The van der Waals surface area contributed by atoms with E-state index in [1.165, 1.54) is 5.56 Å². The number of hydrogen-bond acceptors (Lipinski definition) is 6. The molecule has 3 aromatic rings. The molecule has 3 rings (SSSR count). The second kappa shape index (κ2) is 10.2. The van der Waals surface area contributed by atoms with E-state index in [-0.39, 0.29) is 5.56 Å². The minimum Gasteiger partial charge on any atom is -0.475 e. The molecule has 0 unspecified atom stereocenters. The molecule has 172 valence electrons. The van der Waals surface area contributed by atoms with Crippen LogP contribution in [0.4, 0.5) is 13.2 Å². The van der Waals surface area contributed by atoms with E-state index in [9.17, 15) is 18.0 Å². The molecule has 0 amide bonds. The van der Waals surface area contributed by atoms with Crippen molar-refractivity contribution in [3.05, 3.63) is 58.0 Å². The van der Waals surface area contributed by atoms with Gasteiger partial charge in [0.15, 0.2) is 0 Å². The van der Waals surface area contributed by atoms with Gasteiger partial charge in [-0.25, -0.2) is 4.79 Å². The Kier molecular flexibility index (Phi) is 7.92. The van der Waals surface area contributed by atoms with Gasteiger partial charge in [0, 0.05) is 24.8 Å². The van der Waals surface area contributed by atoms with E-state index in [4.69, 9.17) is 14.4 Å². The molecular formula is C21H23F3N4O4. The minimum absolute atomic E-state index is 0.133. The molecule has 2 aromatic heterocycles. The topological polar surface area (TPSA) is 101 Å². The normalized spacial score (nSPS) is 11.2. The number of aliphatic carboxylic acids is 1. The van der Waals surface area contributed by atoms with Gasteiger partial charge >= 0.3 is 12.1 Å². The second-order valence-electron chi connectivity index (χ2n) is 7.23. The van der Waals surface area contributed by atoms with E-state index in [0.717, 1.165) is 24.2 Å². The van der Waals surface area contributed by atoms with Crippen molar-refractivity contribution in [2.75, 3.05) is 20.6 Å². The lowest BCUT2D eigenvalue weighted by Crippen LogP contribution is -2.21. The minimum atomic E-state index is -5.08. The first kappa shape index (κ1) is 24.8. The summed E-state index contributed by atoms with van der Waals surface area (Å²) in [5, 5.41) is 11.1. The Labute approximate surface area is 181 Å². The number of rotatable bonds is 5. The van der Waals surface area contributed by atoms with Gasteiger partial charge in [-0.05, 0) is 57.3 Å². The van der Waals surface area contributed by atoms with E-state index < -0.39 is 12.1 Å². The van der Waals surface area contributed by atoms with Crippen LogP contribution < -0.4 is 5.56 Å². The number of alkyl halides is 3. The maximum absolute atomic E-state index is 12.3. The molecule has 1 N–H and O–H groups in total. The Hall–Kier alpha value is -3.47. The quantitative estimate of drug-likeness (QED) is 0.635. The van der Waals surface area contributed by atoms with E-state index >= 15 is 0 Å². The molecule has 8 nitrogen and oxygen atoms in total. The summed E-state index contributed by atoms with van der Waals surface area (Å²) < 4.78 is 38.7. The lowest BCUT2D eigenvalue weighted by atomic mass is 10.1. The summed E-state index contributed by atoms with van der Waals surface area (Å²) in [7, 11) is 5.85. The number of pyridine rings is 1. The molecule has 0 saturated heterocycles. The summed E-state index contributed by atoms with van der Waals surface area (Å²) in [4.78, 5) is 27.8. The molecule has 0 aliphatic rings. The molecule has 0 bridgehead atoms. The van der Waals surface area contributed by atoms with Crippen molar-refractivity contribution >= 4 is 5.97 Å². The van der Waals surface area contributed by atoms with Crippen LogP contribution >= 0.6 is 0 Å². The predicted molar refractivity (Wildman–Crippen MR) is 111 cm³/mol. The Morgan fingerprint density at radius 3 is 2.28 bits per heavy atom. The van der Waals surface area contributed by atoms with Gasteiger partial charge in [-0.15, -0.1) is 0 Å². The summed E-state index contributed by atoms with van der Waals surface area (Å²) in [6.45, 7) is 2.88. The molecule has 0 fully saturated rings. The van der Waals surface area contributed by atoms with E-state index in [1.54, 1.807) is 17.7 Å². The summed E-state index contributed by atoms with van der Waals surface area (Å²) in [6.07, 6.45) is -4.10. The highest BCUT2D eigenvalue weighted by molar-refractivity contribution is 5.73. The molecular weight excluding hydrogens is 429 g/mol. The van der Waals surface area contributed by atoms with Crippen LogP contribution in [-0.2, 0) is 18.3 Å². The lowest BCUT2D eigenvalue weighted by molar-refractivity contribution is -0.192. The van der Waals surface area contributed by atoms with E-state index in [1.807, 2.05) is 25.1 Å². The maximum atomic E-state index is 12.3. The maximum Gasteiger partial charge on any atom is 0.490 e. The molecule has 0 spiro atoms. The zero-order valence-corrected chi connectivity index (χ0v) is 18.0. The van der Waals surface area contributed by atoms with Crippen LogP contribution in [0.2, 0.25) is 0 Å². The number of carboxylic acid groups (broad SMARTS) is 1. The van der Waals surface area contributed by atoms with Crippen LogP contribution in [0.3, 0.4) is 0 Å². The van der Waals surface area contributed by atoms with Crippen LogP contribution in [0, 0.1) is 6.92 Å². The predicted octanol–water partition coefficient (Wildman–Crippen LogP) is 3.15. The van der Waals surface area contributed by atoms with Gasteiger partial charge in [-0.1, -0.05) is 17.3 Å². The van der Waals surface area contributed by atoms with Crippen LogP contribution in [0.25, 0.3) is 22.8 Å². The first-order chi connectivity index (χ1) is 14.9. The molecule has 0 aliphatic carbocycles. The Balaban J connectivity index is 0.000000451. The van der Waals surface area contributed by atoms with Crippen LogP contribution in [0.1, 0.15) is 11.3 Å². The fourth-order valence-electron chi connectivity index (χ4n) is 2.51. The highest BCUT2D eigenvalue weighted by atomic mass is 19.4. The largest absolute Gasteiger partial charge is 0.490 e. The van der Waals surface area contributed by atoms with Gasteiger partial charge in [0.05, 0.1) is 5.56 Å². The van der Waals surface area contributed by atoms with Gasteiger partial charge in [0.25, 0.3) is 11.4 Å². The average Bonchev–Trinajstić information content (AvgIpc) is 3.20. The van der Waals surface area contributed by atoms with Crippen LogP contribution in [-0.4, -0.2) is 57.5 Å². The van der Waals surface area contributed by atoms with Crippen molar-refractivity contribution in [2.24, 2.45) is 7.05 Å². The zero-order valence-electron chi connectivity index (χ0n) is 18.0. The number of likely N-dealkylation sites (N-methyl/N-ethyl adjacent to an activating group) is 1. The molecule has 11 heteroatoms. The summed E-state index contributed by atoms with van der Waals surface area (Å²) in [5.41, 5.74) is 3.28. The number of hydrogen-bond donors (Lipinski definition) is 1.